The molecule has 23 heavy (non-hydrogen) atoms. The van der Waals surface area contributed by atoms with E-state index in [1.165, 1.54) is 11.1 Å². The molecule has 0 unspecified atom stereocenters. The van der Waals surface area contributed by atoms with E-state index in [2.05, 4.69) is 12.1 Å². The van der Waals surface area contributed by atoms with Crippen LogP contribution in [0.5, 0.6) is 0 Å². The Kier molecular flexibility index (Phi) is 3.37. The Hall–Kier alpha value is -2.62. The van der Waals surface area contributed by atoms with Gasteiger partial charge in [-0.25, -0.2) is 0 Å². The fourth-order valence-corrected chi connectivity index (χ4v) is 3.41. The van der Waals surface area contributed by atoms with Crippen molar-refractivity contribution in [3.8, 4) is 0 Å². The number of amides is 2. The molecule has 0 saturated heterocycles. The first kappa shape index (κ1) is 14.0. The van der Waals surface area contributed by atoms with Crippen LogP contribution in [0.4, 0.5) is 0 Å². The Balaban J connectivity index is 1.45. The van der Waals surface area contributed by atoms with Gasteiger partial charge in [-0.2, -0.15) is 0 Å². The van der Waals surface area contributed by atoms with Crippen molar-refractivity contribution < 1.29 is 9.59 Å². The molecule has 0 N–H and O–H groups in total. The summed E-state index contributed by atoms with van der Waals surface area (Å²) in [6.45, 7) is 2.07. The average molecular weight is 306 g/mol. The molecule has 2 heterocycles. The number of carbonyl (C=O) groups is 2. The van der Waals surface area contributed by atoms with E-state index >= 15 is 0 Å². The van der Waals surface area contributed by atoms with Crippen molar-refractivity contribution in [3.05, 3.63) is 70.8 Å². The molecule has 0 aromatic heterocycles. The molecule has 0 aliphatic carbocycles. The quantitative estimate of drug-likeness (QED) is 0.853. The Bertz CT molecular complexity index is 784. The molecule has 0 atom stereocenters. The number of carbonyl (C=O) groups excluding carboxylic acids is 2. The van der Waals surface area contributed by atoms with Gasteiger partial charge in [0.2, 0.25) is 5.91 Å². The SMILES string of the molecule is O=C(CN1Cc2ccccc2C1=O)N1CCc2ccccc2C1. The van der Waals surface area contributed by atoms with Gasteiger partial charge in [-0.3, -0.25) is 9.59 Å². The van der Waals surface area contributed by atoms with Gasteiger partial charge in [-0.15, -0.1) is 0 Å². The first-order valence-corrected chi connectivity index (χ1v) is 7.94. The minimum absolute atomic E-state index is 0.0284. The van der Waals surface area contributed by atoms with Crippen LogP contribution < -0.4 is 0 Å². The lowest BCUT2D eigenvalue weighted by Gasteiger charge is -2.30. The van der Waals surface area contributed by atoms with E-state index in [4.69, 9.17) is 0 Å². The summed E-state index contributed by atoms with van der Waals surface area (Å²) in [5.41, 5.74) is 4.27. The zero-order chi connectivity index (χ0) is 15.8. The third kappa shape index (κ3) is 2.50. The molecule has 0 saturated carbocycles. The highest BCUT2D eigenvalue weighted by molar-refractivity contribution is 6.00. The molecule has 2 aliphatic rings. The van der Waals surface area contributed by atoms with Crippen molar-refractivity contribution in [3.63, 3.8) is 0 Å². The van der Waals surface area contributed by atoms with Crippen molar-refractivity contribution in [2.24, 2.45) is 0 Å². The summed E-state index contributed by atoms with van der Waals surface area (Å²) in [7, 11) is 0. The summed E-state index contributed by atoms with van der Waals surface area (Å²) in [6.07, 6.45) is 0.885. The lowest BCUT2D eigenvalue weighted by molar-refractivity contribution is -0.132. The molecule has 2 aromatic carbocycles. The zero-order valence-electron chi connectivity index (χ0n) is 12.9. The molecule has 2 aromatic rings. The van der Waals surface area contributed by atoms with Gasteiger partial charge in [-0.1, -0.05) is 42.5 Å². The summed E-state index contributed by atoms with van der Waals surface area (Å²) in [5, 5.41) is 0. The standard InChI is InChI=1S/C19H18N2O2/c22-18(20-10-9-14-5-1-2-6-15(14)11-20)13-21-12-16-7-3-4-8-17(16)19(21)23/h1-8H,9-13H2. The van der Waals surface area contributed by atoms with Crippen LogP contribution in [0.1, 0.15) is 27.0 Å². The van der Waals surface area contributed by atoms with Gasteiger partial charge in [0.1, 0.15) is 6.54 Å². The third-order valence-electron chi connectivity index (χ3n) is 4.71. The molecule has 0 radical (unpaired) electrons. The van der Waals surface area contributed by atoms with Crippen molar-refractivity contribution >= 4 is 11.8 Å². The highest BCUT2D eigenvalue weighted by atomic mass is 16.2. The van der Waals surface area contributed by atoms with E-state index in [1.807, 2.05) is 41.3 Å². The number of fused-ring (bicyclic) bond motifs is 2. The largest absolute Gasteiger partial charge is 0.336 e. The van der Waals surface area contributed by atoms with Crippen LogP contribution in [0.2, 0.25) is 0 Å². The van der Waals surface area contributed by atoms with Crippen LogP contribution in [-0.2, 0) is 24.3 Å². The van der Waals surface area contributed by atoms with Gasteiger partial charge in [0.15, 0.2) is 0 Å². The van der Waals surface area contributed by atoms with E-state index in [1.54, 1.807) is 4.90 Å². The Morgan fingerprint density at radius 1 is 0.913 bits per heavy atom. The molecule has 4 nitrogen and oxygen atoms in total. The molecule has 2 amide bonds. The van der Waals surface area contributed by atoms with E-state index in [0.717, 1.165) is 24.1 Å². The lowest BCUT2D eigenvalue weighted by atomic mass is 10.00. The molecule has 4 heteroatoms. The van der Waals surface area contributed by atoms with E-state index in [-0.39, 0.29) is 18.4 Å². The highest BCUT2D eigenvalue weighted by Crippen LogP contribution is 2.23. The van der Waals surface area contributed by atoms with E-state index in [9.17, 15) is 9.59 Å². The topological polar surface area (TPSA) is 40.6 Å². The van der Waals surface area contributed by atoms with Crippen LogP contribution >= 0.6 is 0 Å². The number of nitrogens with zero attached hydrogens (tertiary/aromatic N) is 2. The lowest BCUT2D eigenvalue weighted by Crippen LogP contribution is -2.42. The van der Waals surface area contributed by atoms with Crippen LogP contribution in [-0.4, -0.2) is 34.7 Å². The maximum absolute atomic E-state index is 12.6. The third-order valence-corrected chi connectivity index (χ3v) is 4.71. The first-order chi connectivity index (χ1) is 11.2. The van der Waals surface area contributed by atoms with Crippen LogP contribution in [0.15, 0.2) is 48.5 Å². The highest BCUT2D eigenvalue weighted by Gasteiger charge is 2.30. The minimum Gasteiger partial charge on any atom is -0.336 e. The first-order valence-electron chi connectivity index (χ1n) is 7.94. The Morgan fingerprint density at radius 2 is 1.61 bits per heavy atom. The summed E-state index contributed by atoms with van der Waals surface area (Å²) < 4.78 is 0. The monoisotopic (exact) mass is 306 g/mol. The van der Waals surface area contributed by atoms with E-state index < -0.39 is 0 Å². The summed E-state index contributed by atoms with van der Waals surface area (Å²) in [5.74, 6) is -0.00739. The Morgan fingerprint density at radius 3 is 2.39 bits per heavy atom. The second-order valence-corrected chi connectivity index (χ2v) is 6.15. The smallest absolute Gasteiger partial charge is 0.254 e. The maximum Gasteiger partial charge on any atom is 0.254 e. The van der Waals surface area contributed by atoms with Crippen LogP contribution in [0.3, 0.4) is 0 Å². The van der Waals surface area contributed by atoms with Gasteiger partial charge < -0.3 is 9.80 Å². The molecule has 4 rings (SSSR count). The average Bonchev–Trinajstić information content (AvgIpc) is 2.91. The number of hydrogen-bond acceptors (Lipinski definition) is 2. The van der Waals surface area contributed by atoms with Gasteiger partial charge in [0.05, 0.1) is 0 Å². The number of hydrogen-bond donors (Lipinski definition) is 0. The Labute approximate surface area is 135 Å². The fourth-order valence-electron chi connectivity index (χ4n) is 3.41. The number of rotatable bonds is 2. The molecule has 2 aliphatic heterocycles. The van der Waals surface area contributed by atoms with Crippen molar-refractivity contribution in [1.29, 1.82) is 0 Å². The van der Waals surface area contributed by atoms with Gasteiger partial charge in [-0.05, 0) is 29.2 Å². The fraction of sp³-hybridized carbons (Fsp3) is 0.263. The second-order valence-electron chi connectivity index (χ2n) is 6.15. The maximum atomic E-state index is 12.6. The molecule has 0 spiro atoms. The summed E-state index contributed by atoms with van der Waals surface area (Å²) in [4.78, 5) is 28.5. The molecule has 0 bridgehead atoms. The summed E-state index contributed by atoms with van der Waals surface area (Å²) in [6, 6.07) is 15.8. The van der Waals surface area contributed by atoms with Crippen LogP contribution in [0.25, 0.3) is 0 Å². The predicted molar refractivity (Wildman–Crippen MR) is 86.7 cm³/mol. The molecular formula is C19H18N2O2. The molecule has 116 valence electrons. The van der Waals surface area contributed by atoms with Gasteiger partial charge in [0, 0.05) is 25.2 Å². The zero-order valence-corrected chi connectivity index (χ0v) is 12.9. The minimum atomic E-state index is -0.0358. The summed E-state index contributed by atoms with van der Waals surface area (Å²) >= 11 is 0. The molecule has 0 fully saturated rings. The number of benzene rings is 2. The van der Waals surface area contributed by atoms with E-state index in [0.29, 0.717) is 13.1 Å². The van der Waals surface area contributed by atoms with Gasteiger partial charge in [0.25, 0.3) is 5.91 Å². The second kappa shape index (κ2) is 5.54. The van der Waals surface area contributed by atoms with Crippen molar-refractivity contribution in [1.82, 2.24) is 9.80 Å². The predicted octanol–water partition coefficient (Wildman–Crippen LogP) is 2.23. The van der Waals surface area contributed by atoms with Crippen molar-refractivity contribution in [2.45, 2.75) is 19.5 Å². The molecular weight excluding hydrogens is 288 g/mol. The van der Waals surface area contributed by atoms with Gasteiger partial charge >= 0.3 is 0 Å². The normalized spacial score (nSPS) is 16.3. The van der Waals surface area contributed by atoms with Crippen LogP contribution in [0, 0.1) is 0 Å². The van der Waals surface area contributed by atoms with Crippen molar-refractivity contribution in [2.75, 3.05) is 13.1 Å².